The average Bonchev–Trinajstić information content (AvgIpc) is 2.89. The number of benzene rings is 2. The van der Waals surface area contributed by atoms with Crippen molar-refractivity contribution >= 4 is 23.4 Å². The maximum absolute atomic E-state index is 12.8. The number of carbonyl (C=O) groups excluding carboxylic acids is 3. The summed E-state index contributed by atoms with van der Waals surface area (Å²) in [6.07, 6.45) is 1.42. The summed E-state index contributed by atoms with van der Waals surface area (Å²) in [5.41, 5.74) is 7.17. The molecule has 2 N–H and O–H groups in total. The van der Waals surface area contributed by atoms with Crippen molar-refractivity contribution < 1.29 is 19.1 Å². The first-order valence-corrected chi connectivity index (χ1v) is 8.54. The van der Waals surface area contributed by atoms with Crippen LogP contribution in [0.1, 0.15) is 46.0 Å². The molecule has 2 aromatic rings. The molecule has 2 aromatic carbocycles. The third-order valence-corrected chi connectivity index (χ3v) is 4.18. The Kier molecular flexibility index (Phi) is 5.02. The molecule has 134 valence electrons. The zero-order chi connectivity index (χ0) is 18.7. The van der Waals surface area contributed by atoms with E-state index in [1.54, 1.807) is 36.4 Å². The van der Waals surface area contributed by atoms with Gasteiger partial charge in [-0.2, -0.15) is 0 Å². The van der Waals surface area contributed by atoms with Crippen molar-refractivity contribution in [1.82, 2.24) is 0 Å². The second-order valence-corrected chi connectivity index (χ2v) is 6.11. The summed E-state index contributed by atoms with van der Waals surface area (Å²) >= 11 is 0. The third-order valence-electron chi connectivity index (χ3n) is 4.18. The predicted octanol–water partition coefficient (Wildman–Crippen LogP) is 2.69. The number of rotatable bonds is 7. The van der Waals surface area contributed by atoms with Gasteiger partial charge >= 0.3 is 0 Å². The van der Waals surface area contributed by atoms with Crippen molar-refractivity contribution in [1.29, 1.82) is 0 Å². The zero-order valence-corrected chi connectivity index (χ0v) is 14.5. The maximum Gasteiger partial charge on any atom is 0.266 e. The summed E-state index contributed by atoms with van der Waals surface area (Å²) in [5.74, 6) is -0.694. The molecule has 0 aromatic heterocycles. The molecule has 26 heavy (non-hydrogen) atoms. The Bertz CT molecular complexity index is 841. The molecule has 1 aliphatic rings. The van der Waals surface area contributed by atoms with Crippen LogP contribution < -0.4 is 15.4 Å². The number of hydrogen-bond acceptors (Lipinski definition) is 4. The zero-order valence-electron chi connectivity index (χ0n) is 14.5. The number of nitrogens with zero attached hydrogens (tertiary/aromatic N) is 1. The first-order valence-electron chi connectivity index (χ1n) is 8.54. The van der Waals surface area contributed by atoms with Crippen molar-refractivity contribution in [3.05, 3.63) is 59.2 Å². The fraction of sp³-hybridized carbons (Fsp3) is 0.250. The smallest absolute Gasteiger partial charge is 0.266 e. The van der Waals surface area contributed by atoms with Crippen molar-refractivity contribution in [2.24, 2.45) is 5.73 Å². The van der Waals surface area contributed by atoms with Crippen molar-refractivity contribution in [2.45, 2.75) is 26.2 Å². The highest BCUT2D eigenvalue weighted by Crippen LogP contribution is 2.36. The largest absolute Gasteiger partial charge is 0.491 e. The quantitative estimate of drug-likeness (QED) is 0.776. The number of imide groups is 1. The first kappa shape index (κ1) is 17.7. The highest BCUT2D eigenvalue weighted by atomic mass is 16.5. The lowest BCUT2D eigenvalue weighted by Gasteiger charge is -2.19. The van der Waals surface area contributed by atoms with Gasteiger partial charge in [0.15, 0.2) is 0 Å². The van der Waals surface area contributed by atoms with Gasteiger partial charge in [0.25, 0.3) is 11.8 Å². The Labute approximate surface area is 151 Å². The predicted molar refractivity (Wildman–Crippen MR) is 97.3 cm³/mol. The lowest BCUT2D eigenvalue weighted by molar-refractivity contribution is -0.118. The number of ether oxygens (including phenoxy) is 1. The van der Waals surface area contributed by atoms with Crippen molar-refractivity contribution in [3.63, 3.8) is 0 Å². The van der Waals surface area contributed by atoms with Gasteiger partial charge in [0.1, 0.15) is 5.75 Å². The van der Waals surface area contributed by atoms with E-state index in [2.05, 4.69) is 0 Å². The maximum atomic E-state index is 12.8. The molecular formula is C20H20N2O4. The van der Waals surface area contributed by atoms with Crippen LogP contribution in [0, 0.1) is 0 Å². The molecular weight excluding hydrogens is 332 g/mol. The summed E-state index contributed by atoms with van der Waals surface area (Å²) in [6, 6.07) is 12.0. The SMILES string of the molecule is CCCOc1ccc(CCC(N)=O)cc1N1C(=O)c2ccccc2C1=O. The summed E-state index contributed by atoms with van der Waals surface area (Å²) in [5, 5.41) is 0. The van der Waals surface area contributed by atoms with E-state index in [1.165, 1.54) is 0 Å². The number of aryl methyl sites for hydroxylation is 1. The Balaban J connectivity index is 2.01. The molecule has 6 nitrogen and oxygen atoms in total. The van der Waals surface area contributed by atoms with Crippen LogP contribution in [-0.4, -0.2) is 24.3 Å². The molecule has 6 heteroatoms. The standard InChI is InChI=1S/C20H20N2O4/c1-2-11-26-17-9-7-13(8-10-18(21)23)12-16(17)22-19(24)14-5-3-4-6-15(14)20(22)25/h3-7,9,12H,2,8,10-11H2,1H3,(H2,21,23). The van der Waals surface area contributed by atoms with Crippen LogP contribution in [0.4, 0.5) is 5.69 Å². The van der Waals surface area contributed by atoms with Crippen molar-refractivity contribution in [3.8, 4) is 5.75 Å². The van der Waals surface area contributed by atoms with E-state index in [1.807, 2.05) is 13.0 Å². The Hall–Kier alpha value is -3.15. The molecule has 0 saturated heterocycles. The minimum atomic E-state index is -0.404. The number of hydrogen-bond donors (Lipinski definition) is 1. The molecule has 0 fully saturated rings. The fourth-order valence-electron chi connectivity index (χ4n) is 2.90. The molecule has 3 amide bonds. The normalized spacial score (nSPS) is 13.0. The molecule has 0 spiro atoms. The molecule has 3 rings (SSSR count). The lowest BCUT2D eigenvalue weighted by Crippen LogP contribution is -2.30. The van der Waals surface area contributed by atoms with Gasteiger partial charge in [0, 0.05) is 6.42 Å². The molecule has 0 saturated carbocycles. The van der Waals surface area contributed by atoms with E-state index in [0.29, 0.717) is 35.6 Å². The first-order chi connectivity index (χ1) is 12.5. The van der Waals surface area contributed by atoms with Gasteiger partial charge in [-0.25, -0.2) is 4.90 Å². The third kappa shape index (κ3) is 3.31. The van der Waals surface area contributed by atoms with Crippen LogP contribution in [0.15, 0.2) is 42.5 Å². The second-order valence-electron chi connectivity index (χ2n) is 6.11. The number of fused-ring (bicyclic) bond motifs is 1. The number of carbonyl (C=O) groups is 3. The van der Waals surface area contributed by atoms with Gasteiger partial charge < -0.3 is 10.5 Å². The van der Waals surface area contributed by atoms with Gasteiger partial charge in [-0.15, -0.1) is 0 Å². The minimum Gasteiger partial charge on any atom is -0.491 e. The fourth-order valence-corrected chi connectivity index (χ4v) is 2.90. The molecule has 0 atom stereocenters. The second kappa shape index (κ2) is 7.39. The van der Waals surface area contributed by atoms with Crippen LogP contribution in [0.2, 0.25) is 0 Å². The topological polar surface area (TPSA) is 89.7 Å². The number of amides is 3. The van der Waals surface area contributed by atoms with E-state index in [-0.39, 0.29) is 18.2 Å². The van der Waals surface area contributed by atoms with Crippen LogP contribution in [0.3, 0.4) is 0 Å². The minimum absolute atomic E-state index is 0.191. The van der Waals surface area contributed by atoms with Gasteiger partial charge in [-0.3, -0.25) is 14.4 Å². The van der Waals surface area contributed by atoms with Crippen LogP contribution >= 0.6 is 0 Å². The summed E-state index contributed by atoms with van der Waals surface area (Å²) in [7, 11) is 0. The van der Waals surface area contributed by atoms with Gasteiger partial charge in [0.05, 0.1) is 23.4 Å². The van der Waals surface area contributed by atoms with Crippen LogP contribution in [0.5, 0.6) is 5.75 Å². The van der Waals surface area contributed by atoms with Gasteiger partial charge in [0.2, 0.25) is 5.91 Å². The number of anilines is 1. The summed E-state index contributed by atoms with van der Waals surface area (Å²) in [4.78, 5) is 37.8. The van der Waals surface area contributed by atoms with E-state index >= 15 is 0 Å². The molecule has 0 aliphatic carbocycles. The average molecular weight is 352 g/mol. The van der Waals surface area contributed by atoms with Crippen molar-refractivity contribution in [2.75, 3.05) is 11.5 Å². The molecule has 1 aliphatic heterocycles. The monoisotopic (exact) mass is 352 g/mol. The number of nitrogens with two attached hydrogens (primary N) is 1. The molecule has 1 heterocycles. The number of primary amides is 1. The highest BCUT2D eigenvalue weighted by Gasteiger charge is 2.37. The van der Waals surface area contributed by atoms with E-state index in [9.17, 15) is 14.4 Å². The van der Waals surface area contributed by atoms with E-state index < -0.39 is 5.91 Å². The molecule has 0 unspecified atom stereocenters. The van der Waals surface area contributed by atoms with E-state index in [4.69, 9.17) is 10.5 Å². The molecule has 0 radical (unpaired) electrons. The molecule has 0 bridgehead atoms. The highest BCUT2D eigenvalue weighted by molar-refractivity contribution is 6.34. The summed E-state index contributed by atoms with van der Waals surface area (Å²) in [6.45, 7) is 2.44. The Morgan fingerprint density at radius 1 is 1.08 bits per heavy atom. The Morgan fingerprint density at radius 3 is 2.31 bits per heavy atom. The Morgan fingerprint density at radius 2 is 1.73 bits per heavy atom. The lowest BCUT2D eigenvalue weighted by atomic mass is 10.1. The van der Waals surface area contributed by atoms with Crippen LogP contribution in [-0.2, 0) is 11.2 Å². The van der Waals surface area contributed by atoms with Gasteiger partial charge in [-0.05, 0) is 42.7 Å². The summed E-state index contributed by atoms with van der Waals surface area (Å²) < 4.78 is 5.74. The van der Waals surface area contributed by atoms with Gasteiger partial charge in [-0.1, -0.05) is 25.1 Å². The van der Waals surface area contributed by atoms with Crippen LogP contribution in [0.25, 0.3) is 0 Å². The van der Waals surface area contributed by atoms with E-state index in [0.717, 1.165) is 16.9 Å².